The van der Waals surface area contributed by atoms with Gasteiger partial charge in [0.2, 0.25) is 0 Å². The summed E-state index contributed by atoms with van der Waals surface area (Å²) in [5, 5.41) is 3.55. The lowest BCUT2D eigenvalue weighted by Crippen LogP contribution is -2.24. The van der Waals surface area contributed by atoms with E-state index in [0.717, 1.165) is 12.5 Å². The predicted molar refractivity (Wildman–Crippen MR) is 62.3 cm³/mol. The maximum absolute atomic E-state index is 3.55. The molecule has 78 valence electrons. The van der Waals surface area contributed by atoms with Crippen LogP contribution in [-0.2, 0) is 0 Å². The van der Waals surface area contributed by atoms with E-state index in [1.54, 1.807) is 0 Å². The average molecular weight is 191 g/mol. The standard InChI is InChI=1S/C13H21N/c1-4-11(2)10-14-12(3)13-8-6-5-7-9-13/h5-9,11-12,14H,4,10H2,1-3H3/t11?,12-/m0/s1. The number of hydrogen-bond acceptors (Lipinski definition) is 1. The summed E-state index contributed by atoms with van der Waals surface area (Å²) >= 11 is 0. The summed E-state index contributed by atoms with van der Waals surface area (Å²) < 4.78 is 0. The van der Waals surface area contributed by atoms with E-state index in [-0.39, 0.29) is 0 Å². The molecule has 1 unspecified atom stereocenters. The third-order valence-corrected chi connectivity index (χ3v) is 2.77. The first kappa shape index (κ1) is 11.3. The van der Waals surface area contributed by atoms with Crippen LogP contribution < -0.4 is 5.32 Å². The molecule has 0 aliphatic rings. The van der Waals surface area contributed by atoms with Crippen molar-refractivity contribution in [2.45, 2.75) is 33.2 Å². The predicted octanol–water partition coefficient (Wildman–Crippen LogP) is 3.38. The maximum Gasteiger partial charge on any atom is 0.0291 e. The van der Waals surface area contributed by atoms with Crippen molar-refractivity contribution >= 4 is 0 Å². The Hall–Kier alpha value is -0.820. The SMILES string of the molecule is CCC(C)CN[C@@H](C)c1ccccc1. The van der Waals surface area contributed by atoms with E-state index < -0.39 is 0 Å². The number of rotatable bonds is 5. The van der Waals surface area contributed by atoms with E-state index in [2.05, 4.69) is 56.4 Å². The van der Waals surface area contributed by atoms with Crippen molar-refractivity contribution in [2.75, 3.05) is 6.54 Å². The third-order valence-electron chi connectivity index (χ3n) is 2.77. The summed E-state index contributed by atoms with van der Waals surface area (Å²) in [6.07, 6.45) is 1.24. The largest absolute Gasteiger partial charge is 0.310 e. The van der Waals surface area contributed by atoms with Crippen molar-refractivity contribution in [1.29, 1.82) is 0 Å². The summed E-state index contributed by atoms with van der Waals surface area (Å²) in [5.74, 6) is 0.765. The van der Waals surface area contributed by atoms with Gasteiger partial charge in [0, 0.05) is 6.04 Å². The second-order valence-corrected chi connectivity index (χ2v) is 4.05. The average Bonchev–Trinajstić information content (AvgIpc) is 2.26. The molecule has 1 nitrogen and oxygen atoms in total. The molecule has 0 saturated heterocycles. The highest BCUT2D eigenvalue weighted by Crippen LogP contribution is 2.11. The highest BCUT2D eigenvalue weighted by atomic mass is 14.9. The Balaban J connectivity index is 2.39. The van der Waals surface area contributed by atoms with Crippen LogP contribution in [0.3, 0.4) is 0 Å². The van der Waals surface area contributed by atoms with Gasteiger partial charge in [-0.3, -0.25) is 0 Å². The maximum atomic E-state index is 3.55. The Morgan fingerprint density at radius 1 is 1.14 bits per heavy atom. The highest BCUT2D eigenvalue weighted by molar-refractivity contribution is 5.17. The number of benzene rings is 1. The third kappa shape index (κ3) is 3.51. The van der Waals surface area contributed by atoms with E-state index in [1.807, 2.05) is 0 Å². The van der Waals surface area contributed by atoms with Crippen LogP contribution in [0.5, 0.6) is 0 Å². The molecule has 0 bridgehead atoms. The minimum atomic E-state index is 0.463. The molecular formula is C13H21N. The first-order valence-electron chi connectivity index (χ1n) is 5.52. The van der Waals surface area contributed by atoms with Crippen molar-refractivity contribution in [3.05, 3.63) is 35.9 Å². The zero-order valence-corrected chi connectivity index (χ0v) is 9.46. The molecule has 0 fully saturated rings. The van der Waals surface area contributed by atoms with E-state index in [1.165, 1.54) is 12.0 Å². The normalized spacial score (nSPS) is 15.1. The topological polar surface area (TPSA) is 12.0 Å². The Morgan fingerprint density at radius 2 is 1.79 bits per heavy atom. The molecule has 0 aliphatic heterocycles. The van der Waals surface area contributed by atoms with Gasteiger partial charge in [-0.05, 0) is 24.9 Å². The molecule has 0 heterocycles. The molecule has 0 spiro atoms. The van der Waals surface area contributed by atoms with Gasteiger partial charge in [0.15, 0.2) is 0 Å². The van der Waals surface area contributed by atoms with Crippen molar-refractivity contribution < 1.29 is 0 Å². The first-order valence-corrected chi connectivity index (χ1v) is 5.52. The second-order valence-electron chi connectivity index (χ2n) is 4.05. The molecule has 0 aromatic heterocycles. The van der Waals surface area contributed by atoms with Gasteiger partial charge in [-0.15, -0.1) is 0 Å². The molecule has 1 rings (SSSR count). The zero-order chi connectivity index (χ0) is 10.4. The van der Waals surface area contributed by atoms with Gasteiger partial charge in [-0.25, -0.2) is 0 Å². The van der Waals surface area contributed by atoms with Crippen LogP contribution in [0, 0.1) is 5.92 Å². The van der Waals surface area contributed by atoms with Crippen LogP contribution in [0.1, 0.15) is 38.8 Å². The highest BCUT2D eigenvalue weighted by Gasteiger charge is 2.05. The van der Waals surface area contributed by atoms with Gasteiger partial charge in [0.25, 0.3) is 0 Å². The molecule has 0 amide bonds. The van der Waals surface area contributed by atoms with Crippen LogP contribution >= 0.6 is 0 Å². The lowest BCUT2D eigenvalue weighted by atomic mass is 10.1. The van der Waals surface area contributed by atoms with Crippen LogP contribution in [0.15, 0.2) is 30.3 Å². The molecule has 14 heavy (non-hydrogen) atoms. The first-order chi connectivity index (χ1) is 6.74. The summed E-state index contributed by atoms with van der Waals surface area (Å²) in [4.78, 5) is 0. The Bertz CT molecular complexity index is 243. The monoisotopic (exact) mass is 191 g/mol. The molecule has 1 aromatic carbocycles. The van der Waals surface area contributed by atoms with E-state index in [0.29, 0.717) is 6.04 Å². The van der Waals surface area contributed by atoms with Gasteiger partial charge in [0.1, 0.15) is 0 Å². The Labute approximate surface area is 87.5 Å². The fourth-order valence-corrected chi connectivity index (χ4v) is 1.38. The van der Waals surface area contributed by atoms with Crippen molar-refractivity contribution in [3.63, 3.8) is 0 Å². The van der Waals surface area contributed by atoms with Crippen LogP contribution in [0.2, 0.25) is 0 Å². The van der Waals surface area contributed by atoms with Gasteiger partial charge in [-0.1, -0.05) is 50.6 Å². The summed E-state index contributed by atoms with van der Waals surface area (Å²) in [6, 6.07) is 11.1. The van der Waals surface area contributed by atoms with E-state index in [4.69, 9.17) is 0 Å². The molecule has 0 aliphatic carbocycles. The van der Waals surface area contributed by atoms with Gasteiger partial charge >= 0.3 is 0 Å². The molecule has 1 N–H and O–H groups in total. The van der Waals surface area contributed by atoms with E-state index in [9.17, 15) is 0 Å². The van der Waals surface area contributed by atoms with Gasteiger partial charge < -0.3 is 5.32 Å². The van der Waals surface area contributed by atoms with Gasteiger partial charge in [0.05, 0.1) is 0 Å². The van der Waals surface area contributed by atoms with Crippen LogP contribution in [0.4, 0.5) is 0 Å². The van der Waals surface area contributed by atoms with Crippen molar-refractivity contribution in [2.24, 2.45) is 5.92 Å². The quantitative estimate of drug-likeness (QED) is 0.752. The zero-order valence-electron chi connectivity index (χ0n) is 9.46. The molecule has 0 saturated carbocycles. The molecule has 2 atom stereocenters. The second kappa shape index (κ2) is 5.82. The van der Waals surface area contributed by atoms with Crippen molar-refractivity contribution in [1.82, 2.24) is 5.32 Å². The Kier molecular flexibility index (Phi) is 4.68. The fraction of sp³-hybridized carbons (Fsp3) is 0.538. The molecule has 1 heteroatoms. The number of hydrogen-bond donors (Lipinski definition) is 1. The lowest BCUT2D eigenvalue weighted by Gasteiger charge is -2.16. The summed E-state index contributed by atoms with van der Waals surface area (Å²) in [6.45, 7) is 7.84. The minimum Gasteiger partial charge on any atom is -0.310 e. The smallest absolute Gasteiger partial charge is 0.0291 e. The fourth-order valence-electron chi connectivity index (χ4n) is 1.38. The molecular weight excluding hydrogens is 170 g/mol. The van der Waals surface area contributed by atoms with Crippen molar-refractivity contribution in [3.8, 4) is 0 Å². The summed E-state index contributed by atoms with van der Waals surface area (Å²) in [7, 11) is 0. The Morgan fingerprint density at radius 3 is 2.36 bits per heavy atom. The molecule has 1 aromatic rings. The number of nitrogens with one attached hydrogen (secondary N) is 1. The van der Waals surface area contributed by atoms with E-state index >= 15 is 0 Å². The summed E-state index contributed by atoms with van der Waals surface area (Å²) in [5.41, 5.74) is 1.37. The van der Waals surface area contributed by atoms with Crippen LogP contribution in [0.25, 0.3) is 0 Å². The lowest BCUT2D eigenvalue weighted by molar-refractivity contribution is 0.461. The molecule has 0 radical (unpaired) electrons. The van der Waals surface area contributed by atoms with Crippen LogP contribution in [-0.4, -0.2) is 6.54 Å². The minimum absolute atomic E-state index is 0.463. The van der Waals surface area contributed by atoms with Gasteiger partial charge in [-0.2, -0.15) is 0 Å².